The molecule has 0 aliphatic carbocycles. The van der Waals surface area contributed by atoms with Crippen LogP contribution in [0.2, 0.25) is 0 Å². The second-order valence-electron chi connectivity index (χ2n) is 4.10. The highest BCUT2D eigenvalue weighted by molar-refractivity contribution is 7.92. The van der Waals surface area contributed by atoms with Gasteiger partial charge in [-0.15, -0.1) is 12.4 Å². The van der Waals surface area contributed by atoms with Gasteiger partial charge in [-0.05, 0) is 25.5 Å². The number of nitro groups is 1. The van der Waals surface area contributed by atoms with Gasteiger partial charge >= 0.3 is 5.69 Å². The third kappa shape index (κ3) is 3.20. The third-order valence-corrected chi connectivity index (χ3v) is 5.04. The van der Waals surface area contributed by atoms with E-state index in [1.165, 1.54) is 12.3 Å². The van der Waals surface area contributed by atoms with Gasteiger partial charge in [0.1, 0.15) is 0 Å². The van der Waals surface area contributed by atoms with Crippen molar-refractivity contribution in [3.05, 3.63) is 28.4 Å². The molecule has 0 spiro atoms. The number of aromatic nitrogens is 1. The highest BCUT2D eigenvalue weighted by atomic mass is 35.5. The molecule has 1 aromatic heterocycles. The fourth-order valence-corrected chi connectivity index (χ4v) is 3.75. The zero-order valence-electron chi connectivity index (χ0n) is 9.98. The number of rotatable bonds is 3. The average molecular weight is 308 g/mol. The molecule has 0 aromatic carbocycles. The molecule has 1 fully saturated rings. The van der Waals surface area contributed by atoms with Crippen LogP contribution in [0.15, 0.2) is 23.4 Å². The Kier molecular flexibility index (Phi) is 5.21. The topological polar surface area (TPSA) is 102 Å². The second kappa shape index (κ2) is 6.27. The fraction of sp³-hybridized carbons (Fsp3) is 0.500. The number of hydrogen-bond donors (Lipinski definition) is 1. The quantitative estimate of drug-likeness (QED) is 0.658. The number of nitrogens with zero attached hydrogens (tertiary/aromatic N) is 2. The summed E-state index contributed by atoms with van der Waals surface area (Å²) in [6.07, 6.45) is 2.50. The molecular formula is C10H14ClN3O4S. The van der Waals surface area contributed by atoms with Crippen LogP contribution >= 0.6 is 12.4 Å². The van der Waals surface area contributed by atoms with Gasteiger partial charge in [0.05, 0.1) is 10.2 Å². The van der Waals surface area contributed by atoms with Crippen molar-refractivity contribution in [3.8, 4) is 0 Å². The summed E-state index contributed by atoms with van der Waals surface area (Å²) >= 11 is 0. The average Bonchev–Trinajstić information content (AvgIpc) is 2.39. The maximum absolute atomic E-state index is 12.3. The molecular weight excluding hydrogens is 294 g/mol. The van der Waals surface area contributed by atoms with Gasteiger partial charge < -0.3 is 5.32 Å². The molecule has 0 radical (unpaired) electrons. The van der Waals surface area contributed by atoms with Gasteiger partial charge in [0.25, 0.3) is 0 Å². The lowest BCUT2D eigenvalue weighted by Crippen LogP contribution is -2.39. The summed E-state index contributed by atoms with van der Waals surface area (Å²) in [7, 11) is -3.75. The fourth-order valence-electron chi connectivity index (χ4n) is 1.98. The highest BCUT2D eigenvalue weighted by Gasteiger charge is 2.35. The zero-order valence-corrected chi connectivity index (χ0v) is 11.6. The van der Waals surface area contributed by atoms with Crippen molar-refractivity contribution in [3.63, 3.8) is 0 Å². The van der Waals surface area contributed by atoms with E-state index in [0.717, 1.165) is 19.0 Å². The summed E-state index contributed by atoms with van der Waals surface area (Å²) < 4.78 is 24.6. The van der Waals surface area contributed by atoms with Crippen molar-refractivity contribution in [2.24, 2.45) is 0 Å². The predicted molar refractivity (Wildman–Crippen MR) is 71.2 cm³/mol. The minimum absolute atomic E-state index is 0. The van der Waals surface area contributed by atoms with Gasteiger partial charge in [-0.2, -0.15) is 0 Å². The first-order chi connectivity index (χ1) is 8.53. The first-order valence-electron chi connectivity index (χ1n) is 5.57. The second-order valence-corrected chi connectivity index (χ2v) is 6.24. The largest absolute Gasteiger partial charge is 0.315 e. The van der Waals surface area contributed by atoms with Crippen molar-refractivity contribution in [2.75, 3.05) is 13.1 Å². The third-order valence-electron chi connectivity index (χ3n) is 2.91. The molecule has 106 valence electrons. The van der Waals surface area contributed by atoms with Crippen molar-refractivity contribution < 1.29 is 13.3 Å². The maximum Gasteiger partial charge on any atom is 0.306 e. The van der Waals surface area contributed by atoms with Gasteiger partial charge in [0, 0.05) is 18.8 Å². The number of halogens is 1. The minimum atomic E-state index is -3.75. The summed E-state index contributed by atoms with van der Waals surface area (Å²) in [6.45, 7) is 1.09. The van der Waals surface area contributed by atoms with Crippen LogP contribution in [0.5, 0.6) is 0 Å². The number of nitrogens with one attached hydrogen (secondary N) is 1. The number of pyridine rings is 1. The summed E-state index contributed by atoms with van der Waals surface area (Å²) in [6, 6.07) is 2.52. The Labute approximate surface area is 116 Å². The molecule has 2 rings (SSSR count). The van der Waals surface area contributed by atoms with Crippen molar-refractivity contribution in [2.45, 2.75) is 23.1 Å². The van der Waals surface area contributed by atoms with E-state index in [1.54, 1.807) is 0 Å². The van der Waals surface area contributed by atoms with Crippen LogP contribution in [0.25, 0.3) is 0 Å². The Morgan fingerprint density at radius 3 is 2.79 bits per heavy atom. The summed E-state index contributed by atoms with van der Waals surface area (Å²) in [5.41, 5.74) is -0.455. The molecule has 1 aliphatic heterocycles. The van der Waals surface area contributed by atoms with Crippen molar-refractivity contribution >= 4 is 27.9 Å². The van der Waals surface area contributed by atoms with E-state index in [4.69, 9.17) is 0 Å². The number of sulfone groups is 1. The first kappa shape index (κ1) is 15.8. The lowest BCUT2D eigenvalue weighted by Gasteiger charge is -2.22. The molecule has 1 aromatic rings. The van der Waals surface area contributed by atoms with E-state index in [-0.39, 0.29) is 12.4 Å². The van der Waals surface area contributed by atoms with E-state index >= 15 is 0 Å². The molecule has 1 atom stereocenters. The summed E-state index contributed by atoms with van der Waals surface area (Å²) in [5.74, 6) is 0. The van der Waals surface area contributed by atoms with E-state index in [9.17, 15) is 18.5 Å². The van der Waals surface area contributed by atoms with E-state index in [1.807, 2.05) is 0 Å². The van der Waals surface area contributed by atoms with E-state index < -0.39 is 30.7 Å². The Balaban J connectivity index is 0.00000180. The lowest BCUT2D eigenvalue weighted by molar-refractivity contribution is -0.388. The van der Waals surface area contributed by atoms with Gasteiger partial charge in [-0.3, -0.25) is 10.1 Å². The highest BCUT2D eigenvalue weighted by Crippen LogP contribution is 2.26. The SMILES string of the molecule is Cl.O=[N+]([O-])c1cccnc1S(=O)(=O)C1CCCNC1. The predicted octanol–water partition coefficient (Wildman–Crippen LogP) is 0.937. The lowest BCUT2D eigenvalue weighted by atomic mass is 10.2. The molecule has 0 amide bonds. The number of piperidine rings is 1. The van der Waals surface area contributed by atoms with Gasteiger partial charge in [0.15, 0.2) is 0 Å². The minimum Gasteiger partial charge on any atom is -0.315 e. The summed E-state index contributed by atoms with van der Waals surface area (Å²) in [5, 5.41) is 12.8. The van der Waals surface area contributed by atoms with Crippen LogP contribution in [0.1, 0.15) is 12.8 Å². The molecule has 2 heterocycles. The van der Waals surface area contributed by atoms with Crippen molar-refractivity contribution in [1.29, 1.82) is 0 Å². The van der Waals surface area contributed by atoms with Crippen LogP contribution in [0.4, 0.5) is 5.69 Å². The maximum atomic E-state index is 12.3. The molecule has 7 nitrogen and oxygen atoms in total. The Morgan fingerprint density at radius 2 is 2.21 bits per heavy atom. The van der Waals surface area contributed by atoms with Crippen LogP contribution in [0.3, 0.4) is 0 Å². The van der Waals surface area contributed by atoms with Crippen LogP contribution < -0.4 is 5.32 Å². The van der Waals surface area contributed by atoms with E-state index in [0.29, 0.717) is 13.0 Å². The van der Waals surface area contributed by atoms with E-state index in [2.05, 4.69) is 10.3 Å². The molecule has 9 heteroatoms. The molecule has 1 saturated heterocycles. The van der Waals surface area contributed by atoms with Gasteiger partial charge in [-0.1, -0.05) is 0 Å². The van der Waals surface area contributed by atoms with Crippen LogP contribution in [-0.4, -0.2) is 36.7 Å². The van der Waals surface area contributed by atoms with Crippen LogP contribution in [0, 0.1) is 10.1 Å². The Hall–Kier alpha value is -1.25. The monoisotopic (exact) mass is 307 g/mol. The van der Waals surface area contributed by atoms with Crippen molar-refractivity contribution in [1.82, 2.24) is 10.3 Å². The molecule has 1 N–H and O–H groups in total. The first-order valence-corrected chi connectivity index (χ1v) is 7.12. The smallest absolute Gasteiger partial charge is 0.306 e. The Bertz CT molecular complexity index is 558. The van der Waals surface area contributed by atoms with Gasteiger partial charge in [-0.25, -0.2) is 13.4 Å². The normalized spacial score (nSPS) is 19.5. The molecule has 0 saturated carbocycles. The Morgan fingerprint density at radius 1 is 1.47 bits per heavy atom. The molecule has 1 aliphatic rings. The molecule has 19 heavy (non-hydrogen) atoms. The molecule has 0 bridgehead atoms. The molecule has 1 unspecified atom stereocenters. The standard InChI is InChI=1S/C10H13N3O4S.ClH/c14-13(15)9-4-2-6-12-10(9)18(16,17)8-3-1-5-11-7-8;/h2,4,6,8,11H,1,3,5,7H2;1H. The van der Waals surface area contributed by atoms with Crippen LogP contribution in [-0.2, 0) is 9.84 Å². The zero-order chi connectivity index (χ0) is 13.2. The number of hydrogen-bond acceptors (Lipinski definition) is 6. The summed E-state index contributed by atoms with van der Waals surface area (Å²) in [4.78, 5) is 13.8. The van der Waals surface area contributed by atoms with Gasteiger partial charge in [0.2, 0.25) is 14.9 Å².